The summed E-state index contributed by atoms with van der Waals surface area (Å²) in [5.41, 5.74) is -0.553. The van der Waals surface area contributed by atoms with E-state index in [-0.39, 0.29) is 0 Å². The van der Waals surface area contributed by atoms with Gasteiger partial charge in [-0.15, -0.1) is 0 Å². The van der Waals surface area contributed by atoms with E-state index < -0.39 is 25.5 Å². The molecule has 1 saturated carbocycles. The summed E-state index contributed by atoms with van der Waals surface area (Å²) in [4.78, 5) is 11.8. The molecule has 1 N–H and O–H groups in total. The van der Waals surface area contributed by atoms with Crippen LogP contribution in [0.15, 0.2) is 0 Å². The molecule has 118 valence electrons. The minimum absolute atomic E-state index is 0.428. The number of alkyl carbamates (subject to hydrolysis) is 1. The van der Waals surface area contributed by atoms with Crippen LogP contribution in [0.4, 0.5) is 4.79 Å². The first-order valence-electron chi connectivity index (χ1n) is 7.39. The first kappa shape index (κ1) is 17.5. The maximum absolute atomic E-state index is 12.0. The zero-order valence-electron chi connectivity index (χ0n) is 13.0. The molecule has 1 fully saturated rings. The molecule has 1 aliphatic rings. The number of ether oxygens (including phenoxy) is 1. The first-order valence-corrected chi connectivity index (χ1v) is 8.78. The third-order valence-electron chi connectivity index (χ3n) is 3.47. The fraction of sp³-hybridized carbons (Fsp3) is 0.929. The molecule has 0 heterocycles. The molecule has 6 heteroatoms. The molecule has 1 rings (SSSR count). The van der Waals surface area contributed by atoms with E-state index >= 15 is 0 Å². The van der Waals surface area contributed by atoms with Crippen LogP contribution in [-0.4, -0.2) is 24.6 Å². The lowest BCUT2D eigenvalue weighted by Gasteiger charge is -2.27. The summed E-state index contributed by atoms with van der Waals surface area (Å²) in [6, 6.07) is 0. The van der Waals surface area contributed by atoms with Crippen molar-refractivity contribution in [2.24, 2.45) is 5.92 Å². The van der Waals surface area contributed by atoms with Crippen molar-refractivity contribution in [1.29, 1.82) is 0 Å². The van der Waals surface area contributed by atoms with Gasteiger partial charge in [0.05, 0.1) is 0 Å². The number of nitrogens with one attached hydrogen (secondary N) is 1. The van der Waals surface area contributed by atoms with Gasteiger partial charge in [-0.2, -0.15) is 0 Å². The number of carbonyl (C=O) groups is 1. The van der Waals surface area contributed by atoms with Crippen molar-refractivity contribution in [2.75, 3.05) is 7.11 Å². The minimum atomic E-state index is -2.28. The van der Waals surface area contributed by atoms with E-state index in [1.807, 2.05) is 20.8 Å². The Morgan fingerprint density at radius 3 is 2.40 bits per heavy atom. The molecule has 0 aromatic heterocycles. The highest BCUT2D eigenvalue weighted by Crippen LogP contribution is 2.36. The summed E-state index contributed by atoms with van der Waals surface area (Å²) in [6.45, 7) is 5.42. The first-order chi connectivity index (χ1) is 9.31. The van der Waals surface area contributed by atoms with Gasteiger partial charge in [-0.1, -0.05) is 32.1 Å². The molecule has 20 heavy (non-hydrogen) atoms. The second-order valence-corrected chi connectivity index (χ2v) is 8.20. The number of rotatable bonds is 5. The molecule has 2 atom stereocenters. The van der Waals surface area contributed by atoms with Gasteiger partial charge in [0, 0.05) is 7.11 Å². The summed E-state index contributed by atoms with van der Waals surface area (Å²) < 4.78 is 22.2. The molecule has 2 unspecified atom stereocenters. The van der Waals surface area contributed by atoms with E-state index in [9.17, 15) is 9.36 Å². The quantitative estimate of drug-likeness (QED) is 0.782. The fourth-order valence-electron chi connectivity index (χ4n) is 2.56. The van der Waals surface area contributed by atoms with E-state index in [2.05, 4.69) is 5.32 Å². The van der Waals surface area contributed by atoms with Crippen LogP contribution in [-0.2, 0) is 13.8 Å². The summed E-state index contributed by atoms with van der Waals surface area (Å²) in [7, 11) is -0.855. The Morgan fingerprint density at radius 2 is 1.90 bits per heavy atom. The second-order valence-electron chi connectivity index (χ2n) is 6.46. The van der Waals surface area contributed by atoms with Gasteiger partial charge < -0.3 is 14.6 Å². The molecule has 0 radical (unpaired) electrons. The molecule has 1 amide bonds. The zero-order chi connectivity index (χ0) is 15.2. The number of amides is 1. The lowest BCUT2D eigenvalue weighted by atomic mass is 9.87. The Bertz CT molecular complexity index is 335. The van der Waals surface area contributed by atoms with E-state index in [0.717, 1.165) is 12.8 Å². The smallest absolute Gasteiger partial charge is 0.408 e. The van der Waals surface area contributed by atoms with Crippen LogP contribution >= 0.6 is 8.03 Å². The summed E-state index contributed by atoms with van der Waals surface area (Å²) in [6.07, 6.45) is 6.20. The molecular weight excluding hydrogens is 277 g/mol. The van der Waals surface area contributed by atoms with Crippen molar-refractivity contribution in [1.82, 2.24) is 5.32 Å². The maximum Gasteiger partial charge on any atom is 0.408 e. The summed E-state index contributed by atoms with van der Waals surface area (Å²) in [5, 5.41) is 2.72. The lowest BCUT2D eigenvalue weighted by Crippen LogP contribution is -2.38. The van der Waals surface area contributed by atoms with Gasteiger partial charge in [0.2, 0.25) is 8.03 Å². The zero-order valence-corrected chi connectivity index (χ0v) is 14.0. The predicted octanol–water partition coefficient (Wildman–Crippen LogP) is 3.93. The van der Waals surface area contributed by atoms with Crippen molar-refractivity contribution in [3.63, 3.8) is 0 Å². The van der Waals surface area contributed by atoms with E-state index in [1.54, 1.807) is 0 Å². The standard InChI is InChI=1S/C14H28NO4P/c1-14(2,3)19-13(16)15-12(20(17)18-4)10-11-8-6-5-7-9-11/h11-12,20H,5-10H2,1-4H3,(H,15,16). The molecule has 0 bridgehead atoms. The average molecular weight is 305 g/mol. The fourth-order valence-corrected chi connectivity index (χ4v) is 3.61. The van der Waals surface area contributed by atoms with E-state index in [0.29, 0.717) is 12.3 Å². The average Bonchev–Trinajstić information content (AvgIpc) is 2.36. The highest BCUT2D eigenvalue weighted by Gasteiger charge is 2.26. The Morgan fingerprint density at radius 1 is 1.30 bits per heavy atom. The largest absolute Gasteiger partial charge is 0.444 e. The summed E-state index contributed by atoms with van der Waals surface area (Å²) >= 11 is 0. The predicted molar refractivity (Wildman–Crippen MR) is 80.4 cm³/mol. The van der Waals surface area contributed by atoms with Crippen LogP contribution in [0.3, 0.4) is 0 Å². The Balaban J connectivity index is 2.55. The van der Waals surface area contributed by atoms with Crippen molar-refractivity contribution in [2.45, 2.75) is 70.7 Å². The van der Waals surface area contributed by atoms with E-state index in [4.69, 9.17) is 9.26 Å². The normalized spacial score (nSPS) is 20.2. The molecule has 5 nitrogen and oxygen atoms in total. The monoisotopic (exact) mass is 305 g/mol. The Kier molecular flexibility index (Phi) is 7.04. The topological polar surface area (TPSA) is 64.6 Å². The van der Waals surface area contributed by atoms with Crippen LogP contribution < -0.4 is 5.32 Å². The Labute approximate surface area is 122 Å². The van der Waals surface area contributed by atoms with Crippen molar-refractivity contribution < 1.29 is 18.6 Å². The van der Waals surface area contributed by atoms with Crippen molar-refractivity contribution in [3.8, 4) is 0 Å². The molecule has 0 saturated heterocycles. The Hall–Kier alpha value is -0.540. The molecule has 0 spiro atoms. The number of hydrogen-bond acceptors (Lipinski definition) is 4. The lowest BCUT2D eigenvalue weighted by molar-refractivity contribution is 0.0512. The van der Waals surface area contributed by atoms with Crippen LogP contribution in [0, 0.1) is 5.92 Å². The number of hydrogen-bond donors (Lipinski definition) is 1. The highest BCUT2D eigenvalue weighted by atomic mass is 31.1. The van der Waals surface area contributed by atoms with Gasteiger partial charge in [-0.05, 0) is 33.1 Å². The van der Waals surface area contributed by atoms with Gasteiger partial charge in [0.25, 0.3) is 0 Å². The van der Waals surface area contributed by atoms with Gasteiger partial charge >= 0.3 is 6.09 Å². The van der Waals surface area contributed by atoms with Crippen LogP contribution in [0.2, 0.25) is 0 Å². The highest BCUT2D eigenvalue weighted by molar-refractivity contribution is 7.40. The van der Waals surface area contributed by atoms with Crippen LogP contribution in [0.5, 0.6) is 0 Å². The maximum atomic E-state index is 12.0. The third kappa shape index (κ3) is 6.76. The molecular formula is C14H28NO4P. The van der Waals surface area contributed by atoms with Crippen molar-refractivity contribution >= 4 is 14.1 Å². The van der Waals surface area contributed by atoms with Gasteiger partial charge in [0.15, 0.2) is 0 Å². The summed E-state index contributed by atoms with van der Waals surface area (Å²) in [5.74, 6) is 0.0933. The van der Waals surface area contributed by atoms with Crippen LogP contribution in [0.25, 0.3) is 0 Å². The second kappa shape index (κ2) is 8.04. The molecule has 0 aromatic rings. The van der Waals surface area contributed by atoms with E-state index in [1.165, 1.54) is 26.4 Å². The van der Waals surface area contributed by atoms with Crippen LogP contribution in [0.1, 0.15) is 59.3 Å². The minimum Gasteiger partial charge on any atom is -0.444 e. The molecule has 0 aromatic carbocycles. The van der Waals surface area contributed by atoms with Gasteiger partial charge in [0.1, 0.15) is 11.4 Å². The third-order valence-corrected chi connectivity index (χ3v) is 4.82. The molecule has 1 aliphatic carbocycles. The molecule has 0 aliphatic heterocycles. The number of carbonyl (C=O) groups excluding carboxylic acids is 1. The van der Waals surface area contributed by atoms with Gasteiger partial charge in [-0.3, -0.25) is 4.57 Å². The SMILES string of the molecule is CO[PH](=O)C(CC1CCCCC1)NC(=O)OC(C)(C)C. The van der Waals surface area contributed by atoms with Gasteiger partial charge in [-0.25, -0.2) is 4.79 Å². The van der Waals surface area contributed by atoms with Crippen molar-refractivity contribution in [3.05, 3.63) is 0 Å².